The Morgan fingerprint density at radius 2 is 2.11 bits per heavy atom. The molecule has 0 aromatic heterocycles. The first-order chi connectivity index (χ1) is 4.12. The van der Waals surface area contributed by atoms with E-state index >= 15 is 0 Å². The highest BCUT2D eigenvalue weighted by Crippen LogP contribution is 2.17. The molecule has 0 bridgehead atoms. The van der Waals surface area contributed by atoms with Crippen molar-refractivity contribution in [3.63, 3.8) is 0 Å². The summed E-state index contributed by atoms with van der Waals surface area (Å²) in [6, 6.07) is 0. The molecule has 0 N–H and O–H groups in total. The molecule has 0 amide bonds. The van der Waals surface area contributed by atoms with Gasteiger partial charge in [0.1, 0.15) is 6.61 Å². The van der Waals surface area contributed by atoms with Crippen LogP contribution >= 0.6 is 0 Å². The van der Waals surface area contributed by atoms with Gasteiger partial charge in [0.2, 0.25) is 0 Å². The molecule has 3 heteroatoms. The summed E-state index contributed by atoms with van der Waals surface area (Å²) < 4.78 is 28.8. The second kappa shape index (κ2) is 3.77. The van der Waals surface area contributed by atoms with Gasteiger partial charge < -0.3 is 4.74 Å². The summed E-state index contributed by atoms with van der Waals surface area (Å²) >= 11 is 0. The topological polar surface area (TPSA) is 9.23 Å². The minimum Gasteiger partial charge on any atom is -0.375 e. The highest BCUT2D eigenvalue weighted by molar-refractivity contribution is 4.61. The van der Waals surface area contributed by atoms with Crippen LogP contribution in [0.5, 0.6) is 0 Å². The van der Waals surface area contributed by atoms with Gasteiger partial charge in [0.05, 0.1) is 0 Å². The minimum atomic E-state index is -2.67. The third-order valence-corrected chi connectivity index (χ3v) is 0.975. The molecule has 0 aromatic rings. The second-order valence-electron chi connectivity index (χ2n) is 1.76. The average Bonchev–Trinajstić information content (AvgIpc) is 1.84. The van der Waals surface area contributed by atoms with Crippen molar-refractivity contribution in [2.75, 3.05) is 13.2 Å². The smallest absolute Gasteiger partial charge is 0.270 e. The molecular weight excluding hydrogens is 126 g/mol. The van der Waals surface area contributed by atoms with Gasteiger partial charge in [0, 0.05) is 13.0 Å². The van der Waals surface area contributed by atoms with Gasteiger partial charge in [-0.1, -0.05) is 6.92 Å². The largest absolute Gasteiger partial charge is 0.375 e. The molecule has 0 saturated carbocycles. The van der Waals surface area contributed by atoms with E-state index in [4.69, 9.17) is 0 Å². The molecule has 0 heterocycles. The van der Waals surface area contributed by atoms with Crippen LogP contribution in [0.25, 0.3) is 0 Å². The Kier molecular flexibility index (Phi) is 3.70. The Morgan fingerprint density at radius 3 is 2.44 bits per heavy atom. The van der Waals surface area contributed by atoms with Crippen molar-refractivity contribution in [2.45, 2.75) is 19.3 Å². The lowest BCUT2D eigenvalue weighted by atomic mass is 10.3. The monoisotopic (exact) mass is 137 g/mol. The normalized spacial score (nSPS) is 12.0. The zero-order valence-corrected chi connectivity index (χ0v) is 5.49. The van der Waals surface area contributed by atoms with Gasteiger partial charge in [-0.2, -0.15) is 0 Å². The Hall–Kier alpha value is -0.180. The van der Waals surface area contributed by atoms with Crippen molar-refractivity contribution in [1.82, 2.24) is 0 Å². The van der Waals surface area contributed by atoms with Crippen LogP contribution in [0.15, 0.2) is 0 Å². The quantitative estimate of drug-likeness (QED) is 0.574. The lowest BCUT2D eigenvalue weighted by molar-refractivity contribution is -0.0737. The summed E-state index contributed by atoms with van der Waals surface area (Å²) in [5.74, 6) is -2.67. The van der Waals surface area contributed by atoms with Gasteiger partial charge in [-0.25, -0.2) is 8.78 Å². The Balaban J connectivity index is 3.33. The fourth-order valence-electron chi connectivity index (χ4n) is 0.324. The Morgan fingerprint density at radius 1 is 1.56 bits per heavy atom. The van der Waals surface area contributed by atoms with Crippen LogP contribution in [-0.2, 0) is 4.74 Å². The Bertz CT molecular complexity index is 73.5. The molecule has 0 aliphatic carbocycles. The fraction of sp³-hybridized carbons (Fsp3) is 0.833. The maximum atomic E-state index is 12.2. The molecule has 9 heavy (non-hydrogen) atoms. The van der Waals surface area contributed by atoms with E-state index in [1.54, 1.807) is 0 Å². The SMILES string of the molecule is [CH2]COCC(F)(F)CC. The van der Waals surface area contributed by atoms with Crippen LogP contribution in [0.2, 0.25) is 0 Å². The van der Waals surface area contributed by atoms with E-state index in [0.29, 0.717) is 0 Å². The minimum absolute atomic E-state index is 0.107. The van der Waals surface area contributed by atoms with Gasteiger partial charge in [0.25, 0.3) is 5.92 Å². The van der Waals surface area contributed by atoms with Gasteiger partial charge in [0.15, 0.2) is 0 Å². The van der Waals surface area contributed by atoms with Crippen molar-refractivity contribution in [2.24, 2.45) is 0 Å². The molecular formula is C6H11F2O. The highest BCUT2D eigenvalue weighted by Gasteiger charge is 2.25. The van der Waals surface area contributed by atoms with Crippen LogP contribution in [0, 0.1) is 6.92 Å². The lowest BCUT2D eigenvalue weighted by Gasteiger charge is -2.12. The van der Waals surface area contributed by atoms with Gasteiger partial charge in [-0.05, 0) is 6.92 Å². The maximum Gasteiger partial charge on any atom is 0.270 e. The molecule has 0 aliphatic heterocycles. The fourth-order valence-corrected chi connectivity index (χ4v) is 0.324. The first-order valence-electron chi connectivity index (χ1n) is 2.87. The summed E-state index contributed by atoms with van der Waals surface area (Å²) in [6.45, 7) is 4.29. The number of rotatable bonds is 4. The van der Waals surface area contributed by atoms with Crippen molar-refractivity contribution < 1.29 is 13.5 Å². The standard InChI is InChI=1S/C6H11F2O/c1-3-6(7,8)5-9-4-2/h2-5H2,1H3. The molecule has 0 aromatic carbocycles. The van der Waals surface area contributed by atoms with Crippen LogP contribution in [-0.4, -0.2) is 19.1 Å². The molecule has 1 nitrogen and oxygen atoms in total. The predicted octanol–water partition coefficient (Wildman–Crippen LogP) is 1.88. The molecule has 55 valence electrons. The maximum absolute atomic E-state index is 12.2. The summed E-state index contributed by atoms with van der Waals surface area (Å²) in [6.07, 6.45) is -0.174. The predicted molar refractivity (Wildman–Crippen MR) is 31.4 cm³/mol. The summed E-state index contributed by atoms with van der Waals surface area (Å²) in [5.41, 5.74) is 0. The number of alkyl halides is 2. The second-order valence-corrected chi connectivity index (χ2v) is 1.76. The van der Waals surface area contributed by atoms with E-state index < -0.39 is 12.5 Å². The van der Waals surface area contributed by atoms with Crippen LogP contribution in [0.4, 0.5) is 8.78 Å². The van der Waals surface area contributed by atoms with Crippen LogP contribution < -0.4 is 0 Å². The van der Waals surface area contributed by atoms with Gasteiger partial charge in [-0.3, -0.25) is 0 Å². The van der Waals surface area contributed by atoms with Gasteiger partial charge in [-0.15, -0.1) is 0 Å². The molecule has 0 fully saturated rings. The number of ether oxygens (including phenoxy) is 1. The molecule has 0 unspecified atom stereocenters. The van der Waals surface area contributed by atoms with Crippen molar-refractivity contribution in [3.8, 4) is 0 Å². The lowest BCUT2D eigenvalue weighted by Crippen LogP contribution is -2.22. The van der Waals surface area contributed by atoms with E-state index in [1.807, 2.05) is 0 Å². The first kappa shape index (κ1) is 8.82. The van der Waals surface area contributed by atoms with Crippen molar-refractivity contribution >= 4 is 0 Å². The van der Waals surface area contributed by atoms with E-state index in [1.165, 1.54) is 6.92 Å². The van der Waals surface area contributed by atoms with E-state index in [-0.39, 0.29) is 13.0 Å². The first-order valence-corrected chi connectivity index (χ1v) is 2.87. The van der Waals surface area contributed by atoms with Crippen molar-refractivity contribution in [1.29, 1.82) is 0 Å². The van der Waals surface area contributed by atoms with Gasteiger partial charge >= 0.3 is 0 Å². The highest BCUT2D eigenvalue weighted by atomic mass is 19.3. The zero-order valence-electron chi connectivity index (χ0n) is 5.49. The summed E-state index contributed by atoms with van der Waals surface area (Å²) in [5, 5.41) is 0. The summed E-state index contributed by atoms with van der Waals surface area (Å²) in [7, 11) is 0. The van der Waals surface area contributed by atoms with Crippen LogP contribution in [0.3, 0.4) is 0 Å². The number of hydrogen-bond donors (Lipinski definition) is 0. The molecule has 0 saturated heterocycles. The number of halogens is 2. The summed E-state index contributed by atoms with van der Waals surface area (Å²) in [4.78, 5) is 0. The zero-order chi connectivity index (χ0) is 7.33. The molecule has 1 radical (unpaired) electrons. The van der Waals surface area contributed by atoms with Crippen LogP contribution in [0.1, 0.15) is 13.3 Å². The molecule has 0 atom stereocenters. The van der Waals surface area contributed by atoms with E-state index in [2.05, 4.69) is 11.7 Å². The Labute approximate surface area is 54.0 Å². The number of hydrogen-bond acceptors (Lipinski definition) is 1. The molecule has 0 spiro atoms. The third kappa shape index (κ3) is 4.33. The molecule has 0 aliphatic rings. The molecule has 0 rings (SSSR count). The average molecular weight is 137 g/mol. The third-order valence-electron chi connectivity index (χ3n) is 0.975. The van der Waals surface area contributed by atoms with E-state index in [9.17, 15) is 8.78 Å². The van der Waals surface area contributed by atoms with E-state index in [0.717, 1.165) is 0 Å². The van der Waals surface area contributed by atoms with Crippen molar-refractivity contribution in [3.05, 3.63) is 6.92 Å².